The molecular formula is C26H15NO5. The molecule has 0 amide bonds. The highest BCUT2D eigenvalue weighted by molar-refractivity contribution is 6.42. The van der Waals surface area contributed by atoms with E-state index in [9.17, 15) is 9.59 Å². The number of methoxy groups -OCH3 is 1. The van der Waals surface area contributed by atoms with Crippen molar-refractivity contribution in [1.82, 2.24) is 4.98 Å². The average molecular weight is 421 g/mol. The highest BCUT2D eigenvalue weighted by atomic mass is 16.5. The molecule has 0 N–H and O–H groups in total. The number of benzene rings is 3. The highest BCUT2D eigenvalue weighted by Crippen LogP contribution is 2.33. The van der Waals surface area contributed by atoms with E-state index < -0.39 is 0 Å². The number of Topliss-reactive ketones (excluding diaryl/α,β-unsaturated/α-hetero) is 2. The van der Waals surface area contributed by atoms with Gasteiger partial charge in [0.15, 0.2) is 17.1 Å². The quantitative estimate of drug-likeness (QED) is 0.274. The maximum Gasteiger partial charge on any atom is 0.266 e. The molecule has 1 aliphatic rings. The maximum absolute atomic E-state index is 12.9. The Morgan fingerprint density at radius 3 is 2.09 bits per heavy atom. The molecular weight excluding hydrogens is 406 g/mol. The minimum absolute atomic E-state index is 0.0367. The molecule has 0 bridgehead atoms. The zero-order valence-corrected chi connectivity index (χ0v) is 16.9. The van der Waals surface area contributed by atoms with Gasteiger partial charge >= 0.3 is 0 Å². The number of ether oxygens (including phenoxy) is 1. The van der Waals surface area contributed by atoms with Crippen molar-refractivity contribution in [3.8, 4) is 17.1 Å². The van der Waals surface area contributed by atoms with Crippen molar-refractivity contribution < 1.29 is 23.2 Å². The first-order valence-corrected chi connectivity index (χ1v) is 9.99. The van der Waals surface area contributed by atoms with Crippen LogP contribution in [-0.4, -0.2) is 23.7 Å². The Kier molecular flexibility index (Phi) is 3.89. The molecule has 0 radical (unpaired) electrons. The molecule has 5 aromatic rings. The van der Waals surface area contributed by atoms with Gasteiger partial charge in [-0.3, -0.25) is 9.59 Å². The molecule has 0 unspecified atom stereocenters. The van der Waals surface area contributed by atoms with Crippen LogP contribution in [-0.2, 0) is 0 Å². The van der Waals surface area contributed by atoms with Crippen molar-refractivity contribution in [3.05, 3.63) is 89.3 Å². The number of hydrogen-bond donors (Lipinski definition) is 0. The summed E-state index contributed by atoms with van der Waals surface area (Å²) in [6, 6.07) is 20.3. The van der Waals surface area contributed by atoms with Crippen molar-refractivity contribution >= 4 is 39.7 Å². The Bertz CT molecular complexity index is 1500. The van der Waals surface area contributed by atoms with Crippen LogP contribution in [0, 0.1) is 0 Å². The van der Waals surface area contributed by atoms with Gasteiger partial charge in [0.1, 0.15) is 11.5 Å². The van der Waals surface area contributed by atoms with Crippen LogP contribution in [0.3, 0.4) is 0 Å². The fourth-order valence-electron chi connectivity index (χ4n) is 3.97. The van der Waals surface area contributed by atoms with Crippen molar-refractivity contribution in [1.29, 1.82) is 0 Å². The van der Waals surface area contributed by atoms with Gasteiger partial charge in [-0.15, -0.1) is 0 Å². The van der Waals surface area contributed by atoms with Gasteiger partial charge in [0.2, 0.25) is 5.89 Å². The largest absolute Gasteiger partial charge is 0.497 e. The summed E-state index contributed by atoms with van der Waals surface area (Å²) in [5.41, 5.74) is 2.42. The van der Waals surface area contributed by atoms with Gasteiger partial charge in [0.05, 0.1) is 12.7 Å². The molecule has 0 atom stereocenters. The van der Waals surface area contributed by atoms with Gasteiger partial charge in [0.25, 0.3) is 5.71 Å². The van der Waals surface area contributed by atoms with Crippen molar-refractivity contribution in [2.24, 2.45) is 0 Å². The lowest BCUT2D eigenvalue weighted by Gasteiger charge is -2.00. The van der Waals surface area contributed by atoms with E-state index in [4.69, 9.17) is 13.6 Å². The van der Waals surface area contributed by atoms with Crippen molar-refractivity contribution in [2.45, 2.75) is 0 Å². The van der Waals surface area contributed by atoms with Crippen molar-refractivity contribution in [3.63, 3.8) is 0 Å². The second-order valence-electron chi connectivity index (χ2n) is 7.52. The zero-order chi connectivity index (χ0) is 21.8. The smallest absolute Gasteiger partial charge is 0.266 e. The third-order valence-corrected chi connectivity index (χ3v) is 5.61. The molecule has 0 saturated carbocycles. The second-order valence-corrected chi connectivity index (χ2v) is 7.52. The monoisotopic (exact) mass is 421 g/mol. The molecule has 3 aromatic carbocycles. The van der Waals surface area contributed by atoms with Gasteiger partial charge in [-0.1, -0.05) is 24.3 Å². The van der Waals surface area contributed by atoms with Gasteiger partial charge in [-0.2, -0.15) is 4.98 Å². The summed E-state index contributed by atoms with van der Waals surface area (Å²) >= 11 is 0. The number of nitrogens with zero attached hydrogens (tertiary/aromatic N) is 1. The molecule has 32 heavy (non-hydrogen) atoms. The molecule has 2 aromatic heterocycles. The number of rotatable bonds is 3. The van der Waals surface area contributed by atoms with Crippen LogP contribution >= 0.6 is 0 Å². The van der Waals surface area contributed by atoms with Crippen LogP contribution in [0.1, 0.15) is 26.6 Å². The number of carbonyl (C=O) groups is 2. The van der Waals surface area contributed by atoms with Gasteiger partial charge < -0.3 is 13.6 Å². The number of ketones is 2. The molecule has 1 aliphatic carbocycles. The second kappa shape index (κ2) is 6.78. The fourth-order valence-corrected chi connectivity index (χ4v) is 3.97. The van der Waals surface area contributed by atoms with E-state index >= 15 is 0 Å². The Balaban J connectivity index is 1.35. The van der Waals surface area contributed by atoms with E-state index in [1.165, 1.54) is 6.08 Å². The van der Waals surface area contributed by atoms with E-state index in [1.807, 2.05) is 48.5 Å². The molecule has 0 aliphatic heterocycles. The number of fused-ring (bicyclic) bond motifs is 3. The SMILES string of the molecule is COc1ccc(-c2cc3oc(C=C4C(=O)c5cc6ccccc6cc5C4=O)nc3o2)cc1. The van der Waals surface area contributed by atoms with Crippen LogP contribution in [0.15, 0.2) is 81.1 Å². The first-order chi connectivity index (χ1) is 15.6. The Morgan fingerprint density at radius 2 is 1.50 bits per heavy atom. The lowest BCUT2D eigenvalue weighted by atomic mass is 10.0. The van der Waals surface area contributed by atoms with E-state index in [2.05, 4.69) is 4.98 Å². The van der Waals surface area contributed by atoms with E-state index in [0.717, 1.165) is 22.1 Å². The Hall–Kier alpha value is -4.45. The number of hydrogen-bond acceptors (Lipinski definition) is 6. The van der Waals surface area contributed by atoms with E-state index in [0.29, 0.717) is 28.2 Å². The third kappa shape index (κ3) is 2.77. The minimum Gasteiger partial charge on any atom is -0.497 e. The highest BCUT2D eigenvalue weighted by Gasteiger charge is 2.34. The lowest BCUT2D eigenvalue weighted by Crippen LogP contribution is -2.00. The number of aromatic nitrogens is 1. The standard InChI is InChI=1S/C26H15NO5/c1-30-17-8-6-14(7-9-17)21-13-22-26(32-21)27-23(31-22)12-20-24(28)18-10-15-4-2-3-5-16(15)11-19(18)25(20)29/h2-13H,1H3. The predicted molar refractivity (Wildman–Crippen MR) is 119 cm³/mol. The minimum atomic E-state index is -0.329. The van der Waals surface area contributed by atoms with Crippen LogP contribution in [0.5, 0.6) is 5.75 Å². The molecule has 6 heteroatoms. The first kappa shape index (κ1) is 18.3. The van der Waals surface area contributed by atoms with Crippen molar-refractivity contribution in [2.75, 3.05) is 7.11 Å². The number of furan rings is 1. The summed E-state index contributed by atoms with van der Waals surface area (Å²) < 4.78 is 16.7. The Labute approximate surface area is 181 Å². The molecule has 0 fully saturated rings. The molecule has 0 spiro atoms. The number of allylic oxidation sites excluding steroid dienone is 1. The van der Waals surface area contributed by atoms with Crippen LogP contribution < -0.4 is 4.74 Å². The molecule has 0 saturated heterocycles. The molecule has 6 nitrogen and oxygen atoms in total. The average Bonchev–Trinajstić information content (AvgIpc) is 3.45. The summed E-state index contributed by atoms with van der Waals surface area (Å²) in [5.74, 6) is 0.833. The molecule has 6 rings (SSSR count). The number of carbonyl (C=O) groups excluding carboxylic acids is 2. The fraction of sp³-hybridized carbons (Fsp3) is 0.0385. The maximum atomic E-state index is 12.9. The van der Waals surface area contributed by atoms with Gasteiger partial charge in [0, 0.05) is 28.8 Å². The van der Waals surface area contributed by atoms with Crippen LogP contribution in [0.2, 0.25) is 0 Å². The summed E-state index contributed by atoms with van der Waals surface area (Å²) in [4.78, 5) is 30.1. The topological polar surface area (TPSA) is 82.5 Å². The predicted octanol–water partition coefficient (Wildman–Crippen LogP) is 5.71. The third-order valence-electron chi connectivity index (χ3n) is 5.61. The summed E-state index contributed by atoms with van der Waals surface area (Å²) in [6.45, 7) is 0. The van der Waals surface area contributed by atoms with E-state index in [1.54, 1.807) is 25.3 Å². The van der Waals surface area contributed by atoms with E-state index in [-0.39, 0.29) is 23.0 Å². The van der Waals surface area contributed by atoms with Gasteiger partial charge in [-0.05, 0) is 47.2 Å². The Morgan fingerprint density at radius 1 is 0.844 bits per heavy atom. The van der Waals surface area contributed by atoms with Crippen LogP contribution in [0.25, 0.3) is 39.5 Å². The van der Waals surface area contributed by atoms with Crippen LogP contribution in [0.4, 0.5) is 0 Å². The number of oxazole rings is 1. The summed E-state index contributed by atoms with van der Waals surface area (Å²) in [6.07, 6.45) is 1.39. The first-order valence-electron chi connectivity index (χ1n) is 9.99. The molecule has 154 valence electrons. The summed E-state index contributed by atoms with van der Waals surface area (Å²) in [5, 5.41) is 1.82. The summed E-state index contributed by atoms with van der Waals surface area (Å²) in [7, 11) is 1.61. The zero-order valence-electron chi connectivity index (χ0n) is 16.9. The normalized spacial score (nSPS) is 13.2. The molecule has 2 heterocycles. The lowest BCUT2D eigenvalue weighted by molar-refractivity contribution is 0.0990. The van der Waals surface area contributed by atoms with Gasteiger partial charge in [-0.25, -0.2) is 0 Å².